The van der Waals surface area contributed by atoms with Crippen LogP contribution < -0.4 is 4.74 Å². The van der Waals surface area contributed by atoms with Crippen LogP contribution in [0.4, 0.5) is 0 Å². The second kappa shape index (κ2) is 4.73. The molecule has 2 aromatic rings. The average Bonchev–Trinajstić information content (AvgIpc) is 2.29. The van der Waals surface area contributed by atoms with Crippen LogP contribution in [0.1, 0.15) is 0 Å². The number of phenols is 2. The lowest BCUT2D eigenvalue weighted by Crippen LogP contribution is -1.84. The van der Waals surface area contributed by atoms with E-state index in [1.165, 1.54) is 24.3 Å². The first-order chi connectivity index (χ1) is 8.06. The van der Waals surface area contributed by atoms with Crippen LogP contribution in [-0.2, 0) is 0 Å². The van der Waals surface area contributed by atoms with Crippen molar-refractivity contribution < 1.29 is 14.9 Å². The first-order valence-corrected chi connectivity index (χ1v) is 5.47. The van der Waals surface area contributed by atoms with Gasteiger partial charge in [0.05, 0.1) is 10.0 Å². The predicted molar refractivity (Wildman–Crippen MR) is 66.3 cm³/mol. The van der Waals surface area contributed by atoms with Gasteiger partial charge in [0.1, 0.15) is 23.0 Å². The molecule has 0 aliphatic heterocycles. The van der Waals surface area contributed by atoms with Gasteiger partial charge in [0.25, 0.3) is 0 Å². The van der Waals surface area contributed by atoms with E-state index in [1.807, 2.05) is 0 Å². The van der Waals surface area contributed by atoms with Crippen molar-refractivity contribution in [1.82, 2.24) is 0 Å². The molecule has 0 saturated heterocycles. The Bertz CT molecular complexity index is 506. The highest BCUT2D eigenvalue weighted by molar-refractivity contribution is 6.32. The summed E-state index contributed by atoms with van der Waals surface area (Å²) in [6, 6.07) is 8.97. The Morgan fingerprint density at radius 2 is 1.18 bits per heavy atom. The van der Waals surface area contributed by atoms with Gasteiger partial charge in [-0.3, -0.25) is 0 Å². The summed E-state index contributed by atoms with van der Waals surface area (Å²) in [6.07, 6.45) is 0. The van der Waals surface area contributed by atoms with E-state index in [0.29, 0.717) is 11.5 Å². The van der Waals surface area contributed by atoms with Crippen LogP contribution >= 0.6 is 23.2 Å². The number of hydrogen-bond acceptors (Lipinski definition) is 3. The number of phenolic OH excluding ortho intramolecular Hbond substituents is 2. The van der Waals surface area contributed by atoms with Crippen molar-refractivity contribution in [2.75, 3.05) is 0 Å². The van der Waals surface area contributed by atoms with Gasteiger partial charge in [-0.05, 0) is 24.3 Å². The summed E-state index contributed by atoms with van der Waals surface area (Å²) >= 11 is 11.5. The third kappa shape index (κ3) is 2.75. The minimum Gasteiger partial charge on any atom is -0.506 e. The van der Waals surface area contributed by atoms with Crippen molar-refractivity contribution in [3.63, 3.8) is 0 Å². The van der Waals surface area contributed by atoms with Crippen molar-refractivity contribution in [3.05, 3.63) is 46.4 Å². The molecule has 0 saturated carbocycles. The standard InChI is InChI=1S/C12H8Cl2O3/c13-9-5-7(1-3-11(9)15)17-8-2-4-12(16)10(14)6-8/h1-6,15-16H. The molecule has 0 amide bonds. The maximum Gasteiger partial charge on any atom is 0.134 e. The lowest BCUT2D eigenvalue weighted by molar-refractivity contribution is 0.459. The van der Waals surface area contributed by atoms with Gasteiger partial charge in [0.2, 0.25) is 0 Å². The second-order valence-electron chi connectivity index (χ2n) is 3.33. The molecule has 5 heteroatoms. The van der Waals surface area contributed by atoms with Crippen LogP contribution in [0.3, 0.4) is 0 Å². The molecular formula is C12H8Cl2O3. The highest BCUT2D eigenvalue weighted by atomic mass is 35.5. The zero-order valence-electron chi connectivity index (χ0n) is 8.52. The molecule has 17 heavy (non-hydrogen) atoms. The van der Waals surface area contributed by atoms with Gasteiger partial charge in [-0.1, -0.05) is 23.2 Å². The second-order valence-corrected chi connectivity index (χ2v) is 4.14. The summed E-state index contributed by atoms with van der Waals surface area (Å²) in [5.74, 6) is 0.912. The zero-order valence-corrected chi connectivity index (χ0v) is 10.0. The van der Waals surface area contributed by atoms with Crippen molar-refractivity contribution in [2.24, 2.45) is 0 Å². The van der Waals surface area contributed by atoms with Crippen LogP contribution in [0, 0.1) is 0 Å². The summed E-state index contributed by atoms with van der Waals surface area (Å²) in [4.78, 5) is 0. The number of hydrogen-bond donors (Lipinski definition) is 2. The van der Waals surface area contributed by atoms with Crippen LogP contribution in [0.25, 0.3) is 0 Å². The number of rotatable bonds is 2. The van der Waals surface area contributed by atoms with E-state index in [4.69, 9.17) is 27.9 Å². The molecule has 0 bridgehead atoms. The summed E-state index contributed by atoms with van der Waals surface area (Å²) in [7, 11) is 0. The SMILES string of the molecule is Oc1ccc(Oc2ccc(O)c(Cl)c2)cc1Cl. The molecule has 88 valence electrons. The maximum atomic E-state index is 9.25. The van der Waals surface area contributed by atoms with Crippen molar-refractivity contribution in [2.45, 2.75) is 0 Å². The topological polar surface area (TPSA) is 49.7 Å². The van der Waals surface area contributed by atoms with E-state index in [0.717, 1.165) is 0 Å². The van der Waals surface area contributed by atoms with Crippen LogP contribution in [-0.4, -0.2) is 10.2 Å². The molecule has 0 aliphatic carbocycles. The molecule has 0 fully saturated rings. The maximum absolute atomic E-state index is 9.25. The van der Waals surface area contributed by atoms with Gasteiger partial charge >= 0.3 is 0 Å². The Morgan fingerprint density at radius 1 is 0.765 bits per heavy atom. The van der Waals surface area contributed by atoms with Gasteiger partial charge in [-0.25, -0.2) is 0 Å². The molecule has 0 radical (unpaired) electrons. The Hall–Kier alpha value is -1.58. The monoisotopic (exact) mass is 270 g/mol. The third-order valence-electron chi connectivity index (χ3n) is 2.07. The molecule has 0 unspecified atom stereocenters. The summed E-state index contributed by atoms with van der Waals surface area (Å²) in [6.45, 7) is 0. The zero-order chi connectivity index (χ0) is 12.4. The van der Waals surface area contributed by atoms with E-state index in [2.05, 4.69) is 0 Å². The first-order valence-electron chi connectivity index (χ1n) is 4.71. The third-order valence-corrected chi connectivity index (χ3v) is 2.68. The van der Waals surface area contributed by atoms with Gasteiger partial charge in [0.15, 0.2) is 0 Å². The van der Waals surface area contributed by atoms with E-state index in [1.54, 1.807) is 12.1 Å². The van der Waals surface area contributed by atoms with Crippen LogP contribution in [0.15, 0.2) is 36.4 Å². The molecule has 2 N–H and O–H groups in total. The van der Waals surface area contributed by atoms with E-state index in [9.17, 15) is 10.2 Å². The molecule has 0 aliphatic rings. The summed E-state index contributed by atoms with van der Waals surface area (Å²) in [5, 5.41) is 18.9. The number of halogens is 2. The number of aromatic hydroxyl groups is 2. The van der Waals surface area contributed by atoms with Crippen molar-refractivity contribution in [1.29, 1.82) is 0 Å². The molecule has 0 atom stereocenters. The fourth-order valence-electron chi connectivity index (χ4n) is 1.24. The predicted octanol–water partition coefficient (Wildman–Crippen LogP) is 4.20. The molecule has 0 aromatic heterocycles. The number of benzene rings is 2. The number of ether oxygens (including phenoxy) is 1. The first kappa shape index (κ1) is 11.9. The highest BCUT2D eigenvalue weighted by Gasteiger charge is 2.04. The van der Waals surface area contributed by atoms with Gasteiger partial charge in [-0.15, -0.1) is 0 Å². The van der Waals surface area contributed by atoms with E-state index < -0.39 is 0 Å². The quantitative estimate of drug-likeness (QED) is 0.860. The van der Waals surface area contributed by atoms with Gasteiger partial charge in [-0.2, -0.15) is 0 Å². The molecule has 2 rings (SSSR count). The Kier molecular flexibility index (Phi) is 3.31. The van der Waals surface area contributed by atoms with Crippen molar-refractivity contribution in [3.8, 4) is 23.0 Å². The minimum atomic E-state index is -0.0113. The molecule has 0 spiro atoms. The normalized spacial score (nSPS) is 10.2. The van der Waals surface area contributed by atoms with Gasteiger partial charge < -0.3 is 14.9 Å². The highest BCUT2D eigenvalue weighted by Crippen LogP contribution is 2.33. The smallest absolute Gasteiger partial charge is 0.134 e. The van der Waals surface area contributed by atoms with Crippen LogP contribution in [0.5, 0.6) is 23.0 Å². The lowest BCUT2D eigenvalue weighted by atomic mass is 10.3. The fraction of sp³-hybridized carbons (Fsp3) is 0. The largest absolute Gasteiger partial charge is 0.506 e. The fourth-order valence-corrected chi connectivity index (χ4v) is 1.58. The van der Waals surface area contributed by atoms with E-state index >= 15 is 0 Å². The Labute approximate surface area is 108 Å². The molecule has 2 aromatic carbocycles. The molecular weight excluding hydrogens is 263 g/mol. The molecule has 0 heterocycles. The Morgan fingerprint density at radius 3 is 1.53 bits per heavy atom. The van der Waals surface area contributed by atoms with E-state index in [-0.39, 0.29) is 21.5 Å². The molecule has 3 nitrogen and oxygen atoms in total. The summed E-state index contributed by atoms with van der Waals surface area (Å²) in [5.41, 5.74) is 0. The average molecular weight is 271 g/mol. The summed E-state index contributed by atoms with van der Waals surface area (Å²) < 4.78 is 5.46. The van der Waals surface area contributed by atoms with Crippen molar-refractivity contribution >= 4 is 23.2 Å². The lowest BCUT2D eigenvalue weighted by Gasteiger charge is -2.07. The van der Waals surface area contributed by atoms with Gasteiger partial charge in [0, 0.05) is 12.1 Å². The Balaban J connectivity index is 2.25. The van der Waals surface area contributed by atoms with Crippen LogP contribution in [0.2, 0.25) is 10.0 Å². The minimum absolute atomic E-state index is 0.0113.